The largest absolute Gasteiger partial charge is 0.388 e. The second-order valence-corrected chi connectivity index (χ2v) is 4.47. The fraction of sp³-hybridized carbons (Fsp3) is 0.900. The molecule has 0 aromatic rings. The van der Waals surface area contributed by atoms with Crippen LogP contribution in [0.2, 0.25) is 0 Å². The molecule has 0 saturated carbocycles. The summed E-state index contributed by atoms with van der Waals surface area (Å²) in [6, 6.07) is 0. The molecule has 0 aliphatic carbocycles. The molecule has 0 radical (unpaired) electrons. The highest BCUT2D eigenvalue weighted by Crippen LogP contribution is 2.32. The highest BCUT2D eigenvalue weighted by molar-refractivity contribution is 5.87. The molecule has 2 rings (SSSR count). The first-order valence-electron chi connectivity index (χ1n) is 5.18. The zero-order chi connectivity index (χ0) is 9.31. The minimum absolute atomic E-state index is 0.0118. The van der Waals surface area contributed by atoms with Crippen molar-refractivity contribution in [2.24, 2.45) is 11.1 Å². The summed E-state index contributed by atoms with van der Waals surface area (Å²) >= 11 is 0. The Kier molecular flexibility index (Phi) is 2.28. The van der Waals surface area contributed by atoms with E-state index in [9.17, 15) is 0 Å². The minimum Gasteiger partial charge on any atom is -0.388 e. The van der Waals surface area contributed by atoms with Gasteiger partial charge in [-0.3, -0.25) is 0 Å². The van der Waals surface area contributed by atoms with Gasteiger partial charge in [0.2, 0.25) is 0 Å². The Morgan fingerprint density at radius 2 is 2.38 bits per heavy atom. The van der Waals surface area contributed by atoms with Crippen molar-refractivity contribution in [1.82, 2.24) is 5.32 Å². The summed E-state index contributed by atoms with van der Waals surface area (Å²) in [5.41, 5.74) is 1.24. The van der Waals surface area contributed by atoms with Crippen molar-refractivity contribution in [2.45, 2.75) is 38.7 Å². The van der Waals surface area contributed by atoms with Gasteiger partial charge in [0.25, 0.3) is 0 Å². The van der Waals surface area contributed by atoms with E-state index in [0.717, 1.165) is 25.9 Å². The molecule has 3 heteroatoms. The van der Waals surface area contributed by atoms with Crippen molar-refractivity contribution in [3.8, 4) is 0 Å². The topological polar surface area (TPSA) is 33.6 Å². The third-order valence-electron chi connectivity index (χ3n) is 2.96. The molecule has 1 N–H and O–H groups in total. The van der Waals surface area contributed by atoms with Crippen molar-refractivity contribution < 1.29 is 4.84 Å². The van der Waals surface area contributed by atoms with Gasteiger partial charge < -0.3 is 10.2 Å². The van der Waals surface area contributed by atoms with Crippen LogP contribution in [0.4, 0.5) is 0 Å². The van der Waals surface area contributed by atoms with E-state index in [0.29, 0.717) is 5.92 Å². The maximum atomic E-state index is 5.58. The molecule has 0 bridgehead atoms. The van der Waals surface area contributed by atoms with Crippen molar-refractivity contribution in [3.05, 3.63) is 0 Å². The molecule has 3 nitrogen and oxygen atoms in total. The fourth-order valence-electron chi connectivity index (χ4n) is 2.03. The first-order chi connectivity index (χ1) is 6.22. The number of nitrogens with zero attached hydrogens (tertiary/aromatic N) is 1. The summed E-state index contributed by atoms with van der Waals surface area (Å²) in [4.78, 5) is 5.58. The monoisotopic (exact) mass is 182 g/mol. The van der Waals surface area contributed by atoms with Crippen molar-refractivity contribution in [2.75, 3.05) is 13.1 Å². The lowest BCUT2D eigenvalue weighted by atomic mass is 9.87. The third-order valence-corrected chi connectivity index (χ3v) is 2.96. The highest BCUT2D eigenvalue weighted by Gasteiger charge is 2.40. The summed E-state index contributed by atoms with van der Waals surface area (Å²) in [5, 5.41) is 7.57. The van der Waals surface area contributed by atoms with Crippen molar-refractivity contribution in [3.63, 3.8) is 0 Å². The van der Waals surface area contributed by atoms with Gasteiger partial charge in [0, 0.05) is 13.0 Å². The molecule has 2 aliphatic heterocycles. The first-order valence-corrected chi connectivity index (χ1v) is 5.18. The van der Waals surface area contributed by atoms with E-state index in [-0.39, 0.29) is 5.60 Å². The summed E-state index contributed by atoms with van der Waals surface area (Å²) in [6.45, 7) is 6.45. The summed E-state index contributed by atoms with van der Waals surface area (Å²) in [7, 11) is 0. The van der Waals surface area contributed by atoms with E-state index in [1.807, 2.05) is 0 Å². The Morgan fingerprint density at radius 1 is 1.54 bits per heavy atom. The zero-order valence-electron chi connectivity index (χ0n) is 8.47. The molecular formula is C10H18N2O. The van der Waals surface area contributed by atoms with E-state index in [1.54, 1.807) is 0 Å². The van der Waals surface area contributed by atoms with E-state index in [4.69, 9.17) is 4.84 Å². The second kappa shape index (κ2) is 3.29. The molecule has 1 saturated heterocycles. The summed E-state index contributed by atoms with van der Waals surface area (Å²) < 4.78 is 0. The van der Waals surface area contributed by atoms with Crippen LogP contribution in [0.5, 0.6) is 0 Å². The van der Waals surface area contributed by atoms with Crippen LogP contribution in [0.15, 0.2) is 5.16 Å². The molecule has 1 fully saturated rings. The number of nitrogens with one attached hydrogen (secondary N) is 1. The maximum Gasteiger partial charge on any atom is 0.155 e. The highest BCUT2D eigenvalue weighted by atomic mass is 16.7. The van der Waals surface area contributed by atoms with Crippen LogP contribution < -0.4 is 5.32 Å². The molecule has 13 heavy (non-hydrogen) atoms. The van der Waals surface area contributed by atoms with Crippen LogP contribution in [0.3, 0.4) is 0 Å². The Morgan fingerprint density at radius 3 is 2.92 bits per heavy atom. The average Bonchev–Trinajstić information content (AvgIpc) is 2.51. The molecule has 0 amide bonds. The fourth-order valence-corrected chi connectivity index (χ4v) is 2.03. The Labute approximate surface area is 79.5 Å². The lowest BCUT2D eigenvalue weighted by Gasteiger charge is -2.31. The quantitative estimate of drug-likeness (QED) is 0.667. The summed E-state index contributed by atoms with van der Waals surface area (Å²) in [6.07, 6.45) is 3.39. The number of rotatable bonds is 1. The van der Waals surface area contributed by atoms with Gasteiger partial charge in [-0.15, -0.1) is 0 Å². The Hall–Kier alpha value is -0.570. The van der Waals surface area contributed by atoms with Crippen LogP contribution in [-0.4, -0.2) is 24.4 Å². The third kappa shape index (κ3) is 1.70. The molecule has 1 spiro atoms. The maximum absolute atomic E-state index is 5.58. The lowest BCUT2D eigenvalue weighted by molar-refractivity contribution is -0.0347. The number of hydrogen-bond donors (Lipinski definition) is 1. The van der Waals surface area contributed by atoms with E-state index < -0.39 is 0 Å². The van der Waals surface area contributed by atoms with Gasteiger partial charge in [0.1, 0.15) is 0 Å². The van der Waals surface area contributed by atoms with Crippen LogP contribution in [0.25, 0.3) is 0 Å². The Balaban J connectivity index is 1.99. The lowest BCUT2D eigenvalue weighted by Crippen LogP contribution is -2.45. The van der Waals surface area contributed by atoms with Gasteiger partial charge in [0.05, 0.1) is 5.71 Å². The average molecular weight is 182 g/mol. The zero-order valence-corrected chi connectivity index (χ0v) is 8.47. The van der Waals surface area contributed by atoms with E-state index in [2.05, 4.69) is 24.3 Å². The predicted molar refractivity (Wildman–Crippen MR) is 52.8 cm³/mol. The van der Waals surface area contributed by atoms with E-state index in [1.165, 1.54) is 12.1 Å². The smallest absolute Gasteiger partial charge is 0.155 e. The molecule has 2 aliphatic rings. The van der Waals surface area contributed by atoms with Crippen LogP contribution in [-0.2, 0) is 4.84 Å². The van der Waals surface area contributed by atoms with Gasteiger partial charge in [0.15, 0.2) is 5.60 Å². The van der Waals surface area contributed by atoms with Crippen LogP contribution in [0.1, 0.15) is 33.1 Å². The molecule has 1 unspecified atom stereocenters. The molecular weight excluding hydrogens is 164 g/mol. The number of hydrogen-bond acceptors (Lipinski definition) is 3. The van der Waals surface area contributed by atoms with Gasteiger partial charge in [-0.2, -0.15) is 0 Å². The molecule has 2 heterocycles. The standard InChI is InChI=1S/C10H18N2O/c1-8(2)9-6-10(13-12-9)4-3-5-11-7-10/h8,11H,3-7H2,1-2H3. The second-order valence-electron chi connectivity index (χ2n) is 4.47. The molecule has 0 aromatic heterocycles. The van der Waals surface area contributed by atoms with Crippen LogP contribution >= 0.6 is 0 Å². The molecule has 1 atom stereocenters. The summed E-state index contributed by atoms with van der Waals surface area (Å²) in [5.74, 6) is 0.529. The molecule has 74 valence electrons. The van der Waals surface area contributed by atoms with Crippen LogP contribution in [0, 0.1) is 5.92 Å². The molecule has 0 aromatic carbocycles. The SMILES string of the molecule is CC(C)C1=NOC2(CCCNC2)C1. The normalized spacial score (nSPS) is 33.6. The van der Waals surface area contributed by atoms with Crippen molar-refractivity contribution in [1.29, 1.82) is 0 Å². The van der Waals surface area contributed by atoms with E-state index >= 15 is 0 Å². The van der Waals surface area contributed by atoms with Gasteiger partial charge in [-0.25, -0.2) is 0 Å². The first kappa shape index (κ1) is 9.00. The Bertz CT molecular complexity index is 217. The van der Waals surface area contributed by atoms with Gasteiger partial charge in [-0.05, 0) is 25.3 Å². The number of oxime groups is 1. The van der Waals surface area contributed by atoms with Gasteiger partial charge in [-0.1, -0.05) is 19.0 Å². The minimum atomic E-state index is 0.0118. The predicted octanol–water partition coefficient (Wildman–Crippen LogP) is 1.54. The van der Waals surface area contributed by atoms with Gasteiger partial charge >= 0.3 is 0 Å². The number of piperidine rings is 1. The van der Waals surface area contributed by atoms with Crippen molar-refractivity contribution >= 4 is 5.71 Å².